The van der Waals surface area contributed by atoms with Crippen molar-refractivity contribution in [2.75, 3.05) is 0 Å². The minimum Gasteiger partial charge on any atom is -0.453 e. The molecule has 0 aliphatic heterocycles. The topological polar surface area (TPSA) is 25.2 Å². The number of furan rings is 1. The molecular weight excluding hydrogens is 302 g/mol. The van der Waals surface area contributed by atoms with Crippen LogP contribution in [0.1, 0.15) is 31.6 Å². The van der Waals surface area contributed by atoms with Crippen molar-refractivity contribution in [3.8, 4) is 0 Å². The van der Waals surface area contributed by atoms with Crippen molar-refractivity contribution in [1.82, 2.24) is 5.32 Å². The maximum Gasteiger partial charge on any atom is 0.169 e. The molecule has 0 spiro atoms. The second-order valence-electron chi connectivity index (χ2n) is 5.43. The second kappa shape index (κ2) is 6.40. The largest absolute Gasteiger partial charge is 0.453 e. The third-order valence-corrected chi connectivity index (χ3v) is 3.68. The smallest absolute Gasteiger partial charge is 0.169 e. The molecule has 3 heteroatoms. The van der Waals surface area contributed by atoms with Gasteiger partial charge in [0.25, 0.3) is 0 Å². The van der Waals surface area contributed by atoms with Crippen LogP contribution in [0, 0.1) is 0 Å². The molecule has 0 unspecified atom stereocenters. The van der Waals surface area contributed by atoms with Gasteiger partial charge in [-0.2, -0.15) is 0 Å². The van der Waals surface area contributed by atoms with E-state index in [9.17, 15) is 0 Å². The van der Waals surface area contributed by atoms with Gasteiger partial charge in [0.05, 0.1) is 6.54 Å². The second-order valence-corrected chi connectivity index (χ2v) is 6.21. The third kappa shape index (κ3) is 4.84. The molecule has 0 saturated heterocycles. The van der Waals surface area contributed by atoms with E-state index in [1.54, 1.807) is 0 Å². The number of nitrogens with one attached hydrogen (secondary N) is 1. The standard InChI is InChI=1S/C16H20BrNO/c1-16(2,11-10-13-6-4-3-5-7-13)18-12-14-8-9-15(17)19-14/h3-9,18H,10-12H2,1-2H3. The maximum absolute atomic E-state index is 5.50. The number of halogens is 1. The van der Waals surface area contributed by atoms with Gasteiger partial charge in [0.15, 0.2) is 4.67 Å². The van der Waals surface area contributed by atoms with E-state index in [0.29, 0.717) is 0 Å². The Bertz CT molecular complexity index is 504. The first kappa shape index (κ1) is 14.4. The van der Waals surface area contributed by atoms with Gasteiger partial charge < -0.3 is 9.73 Å². The van der Waals surface area contributed by atoms with Gasteiger partial charge in [-0.3, -0.25) is 0 Å². The Balaban J connectivity index is 1.81. The van der Waals surface area contributed by atoms with Crippen LogP contribution in [0.5, 0.6) is 0 Å². The molecule has 1 N–H and O–H groups in total. The van der Waals surface area contributed by atoms with Gasteiger partial charge in [0, 0.05) is 5.54 Å². The number of benzene rings is 1. The average molecular weight is 322 g/mol. The predicted octanol–water partition coefficient (Wildman–Crippen LogP) is 4.54. The van der Waals surface area contributed by atoms with Crippen LogP contribution >= 0.6 is 15.9 Å². The van der Waals surface area contributed by atoms with Gasteiger partial charge in [-0.15, -0.1) is 0 Å². The lowest BCUT2D eigenvalue weighted by molar-refractivity contribution is 0.338. The summed E-state index contributed by atoms with van der Waals surface area (Å²) in [6.07, 6.45) is 2.18. The molecule has 0 aliphatic rings. The highest BCUT2D eigenvalue weighted by molar-refractivity contribution is 9.10. The first-order valence-corrected chi connectivity index (χ1v) is 7.38. The number of hydrogen-bond acceptors (Lipinski definition) is 2. The van der Waals surface area contributed by atoms with Gasteiger partial charge in [0.2, 0.25) is 0 Å². The summed E-state index contributed by atoms with van der Waals surface area (Å²) < 4.78 is 6.28. The summed E-state index contributed by atoms with van der Waals surface area (Å²) >= 11 is 3.32. The summed E-state index contributed by atoms with van der Waals surface area (Å²) in [5.41, 5.74) is 1.48. The van der Waals surface area contributed by atoms with Crippen molar-refractivity contribution < 1.29 is 4.42 Å². The lowest BCUT2D eigenvalue weighted by Crippen LogP contribution is -2.39. The summed E-state index contributed by atoms with van der Waals surface area (Å²) in [6.45, 7) is 5.22. The molecule has 1 aromatic carbocycles. The summed E-state index contributed by atoms with van der Waals surface area (Å²) in [6, 6.07) is 14.5. The van der Waals surface area contributed by atoms with Crippen LogP contribution in [0.4, 0.5) is 0 Å². The van der Waals surface area contributed by atoms with Crippen LogP contribution in [-0.2, 0) is 13.0 Å². The summed E-state index contributed by atoms with van der Waals surface area (Å²) in [7, 11) is 0. The summed E-state index contributed by atoms with van der Waals surface area (Å²) in [5, 5.41) is 3.54. The Labute approximate surface area is 123 Å². The molecule has 0 atom stereocenters. The molecule has 0 saturated carbocycles. The molecule has 1 heterocycles. The van der Waals surface area contributed by atoms with E-state index < -0.39 is 0 Å². The zero-order chi connectivity index (χ0) is 13.7. The number of rotatable bonds is 6. The SMILES string of the molecule is CC(C)(CCc1ccccc1)NCc1ccc(Br)o1. The van der Waals surface area contributed by atoms with E-state index in [2.05, 4.69) is 65.4 Å². The van der Waals surface area contributed by atoms with Crippen molar-refractivity contribution in [2.45, 2.75) is 38.8 Å². The molecule has 19 heavy (non-hydrogen) atoms. The van der Waals surface area contributed by atoms with E-state index >= 15 is 0 Å². The van der Waals surface area contributed by atoms with Gasteiger partial charge in [-0.25, -0.2) is 0 Å². The van der Waals surface area contributed by atoms with Crippen molar-refractivity contribution in [3.05, 3.63) is 58.5 Å². The molecule has 0 aliphatic carbocycles. The van der Waals surface area contributed by atoms with Gasteiger partial charge >= 0.3 is 0 Å². The Morgan fingerprint density at radius 3 is 2.47 bits per heavy atom. The molecule has 2 aromatic rings. The van der Waals surface area contributed by atoms with E-state index in [1.807, 2.05) is 12.1 Å². The summed E-state index contributed by atoms with van der Waals surface area (Å²) in [5.74, 6) is 0.958. The molecule has 102 valence electrons. The molecular formula is C16H20BrNO. The lowest BCUT2D eigenvalue weighted by atomic mass is 9.95. The normalized spacial score (nSPS) is 11.7. The van der Waals surface area contributed by atoms with Crippen LogP contribution in [0.15, 0.2) is 51.6 Å². The van der Waals surface area contributed by atoms with Crippen LogP contribution < -0.4 is 5.32 Å². The summed E-state index contributed by atoms with van der Waals surface area (Å²) in [4.78, 5) is 0. The van der Waals surface area contributed by atoms with Crippen molar-refractivity contribution in [3.63, 3.8) is 0 Å². The first-order chi connectivity index (χ1) is 9.05. The van der Waals surface area contributed by atoms with E-state index in [4.69, 9.17) is 4.42 Å². The molecule has 0 fully saturated rings. The first-order valence-electron chi connectivity index (χ1n) is 6.58. The van der Waals surface area contributed by atoms with Crippen LogP contribution in [0.2, 0.25) is 0 Å². The minimum atomic E-state index is 0.0924. The Kier molecular flexibility index (Phi) is 4.83. The molecule has 2 nitrogen and oxygen atoms in total. The van der Waals surface area contributed by atoms with Crippen LogP contribution in [0.25, 0.3) is 0 Å². The Morgan fingerprint density at radius 1 is 1.11 bits per heavy atom. The van der Waals surface area contributed by atoms with Gasteiger partial charge in [-0.05, 0) is 60.3 Å². The molecule has 1 aromatic heterocycles. The highest BCUT2D eigenvalue weighted by Crippen LogP contribution is 2.17. The molecule has 0 bridgehead atoms. The highest BCUT2D eigenvalue weighted by atomic mass is 79.9. The van der Waals surface area contributed by atoms with Crippen molar-refractivity contribution in [1.29, 1.82) is 0 Å². The van der Waals surface area contributed by atoms with E-state index in [0.717, 1.165) is 29.8 Å². The van der Waals surface area contributed by atoms with E-state index in [1.165, 1.54) is 5.56 Å². The fourth-order valence-electron chi connectivity index (χ4n) is 1.96. The zero-order valence-electron chi connectivity index (χ0n) is 11.4. The molecule has 0 amide bonds. The van der Waals surface area contributed by atoms with Crippen molar-refractivity contribution in [2.24, 2.45) is 0 Å². The minimum absolute atomic E-state index is 0.0924. The Hall–Kier alpha value is -1.06. The fraction of sp³-hybridized carbons (Fsp3) is 0.375. The average Bonchev–Trinajstić information content (AvgIpc) is 2.82. The molecule has 0 radical (unpaired) electrons. The zero-order valence-corrected chi connectivity index (χ0v) is 13.0. The number of aryl methyl sites for hydroxylation is 1. The van der Waals surface area contributed by atoms with E-state index in [-0.39, 0.29) is 5.54 Å². The van der Waals surface area contributed by atoms with Crippen molar-refractivity contribution >= 4 is 15.9 Å². The number of hydrogen-bond donors (Lipinski definition) is 1. The van der Waals surface area contributed by atoms with Gasteiger partial charge in [-0.1, -0.05) is 30.3 Å². The highest BCUT2D eigenvalue weighted by Gasteiger charge is 2.17. The quantitative estimate of drug-likeness (QED) is 0.844. The maximum atomic E-state index is 5.50. The molecule has 2 rings (SSSR count). The Morgan fingerprint density at radius 2 is 1.84 bits per heavy atom. The fourth-order valence-corrected chi connectivity index (χ4v) is 2.30. The monoisotopic (exact) mass is 321 g/mol. The van der Waals surface area contributed by atoms with Gasteiger partial charge in [0.1, 0.15) is 5.76 Å². The predicted molar refractivity (Wildman–Crippen MR) is 82.1 cm³/mol. The van der Waals surface area contributed by atoms with Crippen LogP contribution in [-0.4, -0.2) is 5.54 Å². The van der Waals surface area contributed by atoms with Crippen LogP contribution in [0.3, 0.4) is 0 Å². The lowest BCUT2D eigenvalue weighted by Gasteiger charge is -2.26. The third-order valence-electron chi connectivity index (χ3n) is 3.25.